The molecule has 12 nitrogen and oxygen atoms in total. The molecular formula is C25H24O12. The minimum Gasteiger partial charge on any atom is -0.504 e. The lowest BCUT2D eigenvalue weighted by Gasteiger charge is -2.40. The normalized spacial score (nSPS) is 23.7. The largest absolute Gasteiger partial charge is 0.504 e. The molecule has 3 rings (SSSR count). The summed E-state index contributed by atoms with van der Waals surface area (Å²) in [4.78, 5) is 36.3. The Labute approximate surface area is 209 Å². The topological polar surface area (TPSA) is 211 Å². The number of carbonyl (C=O) groups excluding carboxylic acids is 2. The van der Waals surface area contributed by atoms with Crippen molar-refractivity contribution in [3.8, 4) is 23.0 Å². The summed E-state index contributed by atoms with van der Waals surface area (Å²) >= 11 is 0. The molecule has 1 aliphatic carbocycles. The molecule has 4 atom stereocenters. The van der Waals surface area contributed by atoms with Gasteiger partial charge in [0.05, 0.1) is 6.10 Å². The summed E-state index contributed by atoms with van der Waals surface area (Å²) in [6, 6.07) is 7.50. The lowest BCUT2D eigenvalue weighted by atomic mass is 9.79. The molecule has 2 aromatic rings. The number of carbonyl (C=O) groups is 3. The zero-order valence-corrected chi connectivity index (χ0v) is 19.1. The number of aliphatic hydroxyl groups excluding tert-OH is 1. The third-order valence-corrected chi connectivity index (χ3v) is 5.57. The van der Waals surface area contributed by atoms with Gasteiger partial charge in [-0.25, -0.2) is 14.4 Å². The predicted octanol–water partition coefficient (Wildman–Crippen LogP) is 1.03. The quantitative estimate of drug-likeness (QED) is 0.156. The molecule has 0 aromatic heterocycles. The van der Waals surface area contributed by atoms with E-state index in [2.05, 4.69) is 0 Å². The van der Waals surface area contributed by atoms with Crippen molar-refractivity contribution in [2.75, 3.05) is 0 Å². The molecule has 196 valence electrons. The maximum Gasteiger partial charge on any atom is 0.335 e. The van der Waals surface area contributed by atoms with Gasteiger partial charge in [0.2, 0.25) is 0 Å². The number of hydrogen-bond acceptors (Lipinski definition) is 11. The number of aliphatic carboxylic acids is 1. The third-order valence-electron chi connectivity index (χ3n) is 5.57. The molecule has 4 unspecified atom stereocenters. The molecule has 0 bridgehead atoms. The van der Waals surface area contributed by atoms with Gasteiger partial charge in [-0.3, -0.25) is 0 Å². The van der Waals surface area contributed by atoms with Crippen LogP contribution >= 0.6 is 0 Å². The Kier molecular flexibility index (Phi) is 8.05. The van der Waals surface area contributed by atoms with Gasteiger partial charge in [0, 0.05) is 25.0 Å². The van der Waals surface area contributed by atoms with E-state index in [1.54, 1.807) is 0 Å². The first-order valence-electron chi connectivity index (χ1n) is 10.8. The molecule has 37 heavy (non-hydrogen) atoms. The van der Waals surface area contributed by atoms with Crippen LogP contribution in [0.15, 0.2) is 48.6 Å². The average Bonchev–Trinajstić information content (AvgIpc) is 2.82. The summed E-state index contributed by atoms with van der Waals surface area (Å²) in [6.07, 6.45) is -1.86. The van der Waals surface area contributed by atoms with E-state index in [-0.39, 0.29) is 11.5 Å². The van der Waals surface area contributed by atoms with Gasteiger partial charge in [-0.2, -0.15) is 0 Å². The predicted molar refractivity (Wildman–Crippen MR) is 125 cm³/mol. The van der Waals surface area contributed by atoms with Crippen molar-refractivity contribution in [3.05, 3.63) is 59.7 Å². The molecule has 0 aliphatic heterocycles. The maximum absolute atomic E-state index is 12.4. The van der Waals surface area contributed by atoms with Crippen LogP contribution in [0.4, 0.5) is 0 Å². The fourth-order valence-electron chi connectivity index (χ4n) is 3.66. The van der Waals surface area contributed by atoms with E-state index in [1.165, 1.54) is 42.5 Å². The highest BCUT2D eigenvalue weighted by atomic mass is 16.6. The van der Waals surface area contributed by atoms with Crippen LogP contribution in [0.25, 0.3) is 12.2 Å². The van der Waals surface area contributed by atoms with Gasteiger partial charge in [-0.1, -0.05) is 12.1 Å². The van der Waals surface area contributed by atoms with Gasteiger partial charge in [0.1, 0.15) is 6.10 Å². The Bertz CT molecular complexity index is 1250. The minimum absolute atomic E-state index is 0.311. The highest BCUT2D eigenvalue weighted by Crippen LogP contribution is 2.33. The smallest absolute Gasteiger partial charge is 0.335 e. The van der Waals surface area contributed by atoms with Gasteiger partial charge in [-0.05, 0) is 47.5 Å². The molecule has 0 radical (unpaired) electrons. The molecule has 7 N–H and O–H groups in total. The van der Waals surface area contributed by atoms with Crippen molar-refractivity contribution >= 4 is 30.1 Å². The van der Waals surface area contributed by atoms with Crippen LogP contribution in [0.3, 0.4) is 0 Å². The van der Waals surface area contributed by atoms with Crippen LogP contribution in [0.5, 0.6) is 23.0 Å². The highest BCUT2D eigenvalue weighted by Gasteiger charge is 2.52. The van der Waals surface area contributed by atoms with Gasteiger partial charge in [0.25, 0.3) is 0 Å². The minimum atomic E-state index is -2.46. The lowest BCUT2D eigenvalue weighted by Crippen LogP contribution is -2.58. The zero-order valence-electron chi connectivity index (χ0n) is 19.1. The van der Waals surface area contributed by atoms with E-state index < -0.39 is 66.2 Å². The molecule has 0 saturated heterocycles. The fourth-order valence-corrected chi connectivity index (χ4v) is 3.66. The van der Waals surface area contributed by atoms with E-state index in [9.17, 15) is 50.1 Å². The standard InChI is InChI=1S/C25H24O12/c26-15-5-1-13(9-17(15)28)3-7-21(31)36-20-12-25(35,24(33)34)11-19(30)23(20)37-22(32)8-4-14-2-6-16(27)18(29)10-14/h1-10,19-20,23,26-30,35H,11-12H2,(H,33,34)/b7-3+,8-4+. The van der Waals surface area contributed by atoms with E-state index in [4.69, 9.17) is 9.47 Å². The molecule has 1 saturated carbocycles. The van der Waals surface area contributed by atoms with Gasteiger partial charge in [0.15, 0.2) is 34.7 Å². The summed E-state index contributed by atoms with van der Waals surface area (Å²) in [5, 5.41) is 68.0. The van der Waals surface area contributed by atoms with Gasteiger partial charge in [-0.15, -0.1) is 0 Å². The van der Waals surface area contributed by atoms with Crippen LogP contribution in [-0.4, -0.2) is 77.6 Å². The molecule has 0 amide bonds. The summed E-state index contributed by atoms with van der Waals surface area (Å²) in [5.74, 6) is -5.29. The number of carboxylic acid groups (broad SMARTS) is 1. The molecular weight excluding hydrogens is 492 g/mol. The van der Waals surface area contributed by atoms with Crippen LogP contribution < -0.4 is 0 Å². The molecule has 2 aromatic carbocycles. The summed E-state index contributed by atoms with van der Waals surface area (Å²) in [7, 11) is 0. The summed E-state index contributed by atoms with van der Waals surface area (Å²) in [5.41, 5.74) is -1.82. The number of phenols is 4. The fraction of sp³-hybridized carbons (Fsp3) is 0.240. The Balaban J connectivity index is 1.75. The first-order valence-corrected chi connectivity index (χ1v) is 10.8. The van der Waals surface area contributed by atoms with E-state index in [0.717, 1.165) is 18.2 Å². The number of aromatic hydroxyl groups is 4. The Morgan fingerprint density at radius 2 is 1.27 bits per heavy atom. The first-order chi connectivity index (χ1) is 17.4. The number of ether oxygens (including phenoxy) is 2. The lowest BCUT2D eigenvalue weighted by molar-refractivity contribution is -0.204. The van der Waals surface area contributed by atoms with Crippen LogP contribution in [-0.2, 0) is 23.9 Å². The SMILES string of the molecule is O=C(/C=C/c1ccc(O)c(O)c1)OC1CC(O)(C(=O)O)CC(O)C1OC(=O)/C=C/c1ccc(O)c(O)c1. The summed E-state index contributed by atoms with van der Waals surface area (Å²) in [6.45, 7) is 0. The number of benzene rings is 2. The van der Waals surface area contributed by atoms with Crippen molar-refractivity contribution in [1.82, 2.24) is 0 Å². The third kappa shape index (κ3) is 6.78. The van der Waals surface area contributed by atoms with Crippen molar-refractivity contribution in [2.24, 2.45) is 0 Å². The van der Waals surface area contributed by atoms with Crippen LogP contribution in [0.1, 0.15) is 24.0 Å². The molecule has 1 fully saturated rings. The number of esters is 2. The average molecular weight is 516 g/mol. The number of phenolic OH excluding ortho intramolecular Hbond substituents is 4. The molecule has 1 aliphatic rings. The second-order valence-electron chi connectivity index (χ2n) is 8.35. The highest BCUT2D eigenvalue weighted by molar-refractivity contribution is 5.88. The van der Waals surface area contributed by atoms with Crippen molar-refractivity contribution in [3.63, 3.8) is 0 Å². The van der Waals surface area contributed by atoms with Crippen molar-refractivity contribution in [2.45, 2.75) is 36.8 Å². The Hall–Kier alpha value is -4.55. The maximum atomic E-state index is 12.4. The second kappa shape index (κ2) is 11.0. The second-order valence-corrected chi connectivity index (χ2v) is 8.35. The zero-order chi connectivity index (χ0) is 27.3. The van der Waals surface area contributed by atoms with E-state index in [1.807, 2.05) is 0 Å². The number of rotatable bonds is 7. The monoisotopic (exact) mass is 516 g/mol. The number of hydrogen-bond donors (Lipinski definition) is 7. The molecule has 0 heterocycles. The van der Waals surface area contributed by atoms with Crippen molar-refractivity contribution in [1.29, 1.82) is 0 Å². The van der Waals surface area contributed by atoms with Crippen molar-refractivity contribution < 1.29 is 59.6 Å². The Morgan fingerprint density at radius 1 is 0.784 bits per heavy atom. The van der Waals surface area contributed by atoms with Crippen LogP contribution in [0, 0.1) is 0 Å². The molecule has 0 spiro atoms. The first kappa shape index (κ1) is 27.0. The number of carboxylic acids is 1. The summed E-state index contributed by atoms with van der Waals surface area (Å²) < 4.78 is 10.4. The van der Waals surface area contributed by atoms with Gasteiger partial charge < -0.3 is 45.2 Å². The van der Waals surface area contributed by atoms with Crippen LogP contribution in [0.2, 0.25) is 0 Å². The number of aliphatic hydroxyl groups is 2. The van der Waals surface area contributed by atoms with E-state index in [0.29, 0.717) is 11.1 Å². The van der Waals surface area contributed by atoms with E-state index >= 15 is 0 Å². The van der Waals surface area contributed by atoms with Gasteiger partial charge >= 0.3 is 17.9 Å². The Morgan fingerprint density at radius 3 is 1.73 bits per heavy atom. The molecule has 12 heteroatoms.